The molecule has 1 unspecified atom stereocenters. The Morgan fingerprint density at radius 3 is 2.41 bits per heavy atom. The molecule has 3 heteroatoms. The van der Waals surface area contributed by atoms with Crippen LogP contribution in [0.4, 0.5) is 0 Å². The predicted molar refractivity (Wildman–Crippen MR) is 70.2 cm³/mol. The molecule has 0 fully saturated rings. The molecule has 96 valence electrons. The molecule has 1 aromatic carbocycles. The summed E-state index contributed by atoms with van der Waals surface area (Å²) in [5.41, 5.74) is 1.20. The van der Waals surface area contributed by atoms with Gasteiger partial charge in [0.25, 0.3) is 0 Å². The van der Waals surface area contributed by atoms with Gasteiger partial charge in [-0.05, 0) is 30.0 Å². The van der Waals surface area contributed by atoms with E-state index in [1.165, 1.54) is 5.56 Å². The lowest BCUT2D eigenvalue weighted by molar-refractivity contribution is 0.146. The van der Waals surface area contributed by atoms with Crippen molar-refractivity contribution in [2.75, 3.05) is 13.7 Å². The van der Waals surface area contributed by atoms with Crippen molar-refractivity contribution in [3.05, 3.63) is 29.8 Å². The molecule has 0 aliphatic rings. The molecule has 1 rings (SSSR count). The first-order valence-electron chi connectivity index (χ1n) is 6.13. The quantitative estimate of drug-likeness (QED) is 0.764. The van der Waals surface area contributed by atoms with Crippen LogP contribution in [0.1, 0.15) is 25.8 Å². The Morgan fingerprint density at radius 1 is 1.24 bits per heavy atom. The minimum absolute atomic E-state index is 0.256. The average molecular weight is 237 g/mol. The van der Waals surface area contributed by atoms with E-state index in [0.29, 0.717) is 12.5 Å². The molecule has 0 bridgehead atoms. The Labute approximate surface area is 104 Å². The number of rotatable bonds is 7. The van der Waals surface area contributed by atoms with Gasteiger partial charge in [0.05, 0.1) is 13.2 Å². The van der Waals surface area contributed by atoms with Crippen LogP contribution in [-0.4, -0.2) is 24.9 Å². The predicted octanol–water partition coefficient (Wildman–Crippen LogP) is 2.19. The molecule has 0 aliphatic heterocycles. The Morgan fingerprint density at radius 2 is 1.88 bits per heavy atom. The first-order valence-corrected chi connectivity index (χ1v) is 6.13. The van der Waals surface area contributed by atoms with E-state index < -0.39 is 0 Å². The van der Waals surface area contributed by atoms with E-state index in [4.69, 9.17) is 4.74 Å². The summed E-state index contributed by atoms with van der Waals surface area (Å²) in [6.45, 7) is 5.66. The van der Waals surface area contributed by atoms with Crippen LogP contribution in [0, 0.1) is 5.92 Å². The molecule has 0 saturated carbocycles. The minimum Gasteiger partial charge on any atom is -0.497 e. The van der Waals surface area contributed by atoms with Gasteiger partial charge in [0.15, 0.2) is 0 Å². The Hall–Kier alpha value is -1.06. The maximum Gasteiger partial charge on any atom is 0.118 e. The summed E-state index contributed by atoms with van der Waals surface area (Å²) in [5, 5.41) is 13.0. The Kier molecular flexibility index (Phi) is 6.01. The van der Waals surface area contributed by atoms with Crippen LogP contribution in [0.25, 0.3) is 0 Å². The van der Waals surface area contributed by atoms with Crippen molar-refractivity contribution in [1.82, 2.24) is 5.32 Å². The molecule has 17 heavy (non-hydrogen) atoms. The van der Waals surface area contributed by atoms with Gasteiger partial charge in [-0.1, -0.05) is 26.0 Å². The Balaban J connectivity index is 2.25. The first kappa shape index (κ1) is 14.0. The topological polar surface area (TPSA) is 41.5 Å². The average Bonchev–Trinajstić information content (AvgIpc) is 2.29. The molecule has 1 atom stereocenters. The molecule has 0 aromatic heterocycles. The summed E-state index contributed by atoms with van der Waals surface area (Å²) >= 11 is 0. The third-order valence-corrected chi connectivity index (χ3v) is 2.61. The summed E-state index contributed by atoms with van der Waals surface area (Å²) in [4.78, 5) is 0. The number of nitrogens with one attached hydrogen (secondary N) is 1. The number of aliphatic hydroxyl groups is 1. The minimum atomic E-state index is -0.256. The van der Waals surface area contributed by atoms with Crippen LogP contribution < -0.4 is 10.1 Å². The molecule has 0 amide bonds. The van der Waals surface area contributed by atoms with Gasteiger partial charge in [-0.3, -0.25) is 0 Å². The molecule has 0 radical (unpaired) electrons. The second-order valence-corrected chi connectivity index (χ2v) is 4.76. The van der Waals surface area contributed by atoms with Gasteiger partial charge in [0, 0.05) is 13.1 Å². The highest BCUT2D eigenvalue weighted by Gasteiger charge is 2.05. The second kappa shape index (κ2) is 7.30. The fourth-order valence-corrected chi connectivity index (χ4v) is 1.75. The van der Waals surface area contributed by atoms with Crippen molar-refractivity contribution in [3.63, 3.8) is 0 Å². The molecule has 0 heterocycles. The lowest BCUT2D eigenvalue weighted by Gasteiger charge is -2.13. The van der Waals surface area contributed by atoms with Crippen molar-refractivity contribution in [2.24, 2.45) is 5.92 Å². The molecule has 2 N–H and O–H groups in total. The zero-order valence-electron chi connectivity index (χ0n) is 10.9. The zero-order valence-corrected chi connectivity index (χ0v) is 10.9. The third-order valence-electron chi connectivity index (χ3n) is 2.61. The number of benzene rings is 1. The van der Waals surface area contributed by atoms with Gasteiger partial charge in [-0.15, -0.1) is 0 Å². The van der Waals surface area contributed by atoms with Crippen LogP contribution in [0.3, 0.4) is 0 Å². The van der Waals surface area contributed by atoms with E-state index in [9.17, 15) is 5.11 Å². The van der Waals surface area contributed by atoms with Crippen LogP contribution in [-0.2, 0) is 6.54 Å². The van der Waals surface area contributed by atoms with Gasteiger partial charge >= 0.3 is 0 Å². The van der Waals surface area contributed by atoms with Crippen LogP contribution in [0.15, 0.2) is 24.3 Å². The highest BCUT2D eigenvalue weighted by Crippen LogP contribution is 2.11. The van der Waals surface area contributed by atoms with E-state index >= 15 is 0 Å². The monoisotopic (exact) mass is 237 g/mol. The number of methoxy groups -OCH3 is 1. The smallest absolute Gasteiger partial charge is 0.118 e. The Bertz CT molecular complexity index is 309. The normalized spacial score (nSPS) is 12.8. The largest absolute Gasteiger partial charge is 0.497 e. The fourth-order valence-electron chi connectivity index (χ4n) is 1.75. The lowest BCUT2D eigenvalue weighted by Crippen LogP contribution is -2.27. The van der Waals surface area contributed by atoms with Crippen molar-refractivity contribution >= 4 is 0 Å². The zero-order chi connectivity index (χ0) is 12.7. The summed E-state index contributed by atoms with van der Waals surface area (Å²) < 4.78 is 5.10. The standard InChI is InChI=1S/C14H23NO2/c1-11(2)8-13(16)10-15-9-12-4-6-14(17-3)7-5-12/h4-7,11,13,15-16H,8-10H2,1-3H3. The van der Waals surface area contributed by atoms with Crippen molar-refractivity contribution in [1.29, 1.82) is 0 Å². The van der Waals surface area contributed by atoms with Gasteiger partial charge in [-0.25, -0.2) is 0 Å². The van der Waals surface area contributed by atoms with Crippen molar-refractivity contribution < 1.29 is 9.84 Å². The summed E-state index contributed by atoms with van der Waals surface area (Å²) in [6.07, 6.45) is 0.587. The molecule has 1 aromatic rings. The number of ether oxygens (including phenoxy) is 1. The molecular formula is C14H23NO2. The molecule has 0 spiro atoms. The molecule has 3 nitrogen and oxygen atoms in total. The van der Waals surface area contributed by atoms with Crippen LogP contribution in [0.5, 0.6) is 5.75 Å². The highest BCUT2D eigenvalue weighted by molar-refractivity contribution is 5.26. The van der Waals surface area contributed by atoms with E-state index in [-0.39, 0.29) is 6.10 Å². The van der Waals surface area contributed by atoms with Crippen molar-refractivity contribution in [2.45, 2.75) is 32.9 Å². The SMILES string of the molecule is COc1ccc(CNCC(O)CC(C)C)cc1. The summed E-state index contributed by atoms with van der Waals surface area (Å²) in [7, 11) is 1.66. The second-order valence-electron chi connectivity index (χ2n) is 4.76. The summed E-state index contributed by atoms with van der Waals surface area (Å²) in [6, 6.07) is 7.95. The maximum atomic E-state index is 9.70. The number of hydrogen-bond donors (Lipinski definition) is 2. The van der Waals surface area contributed by atoms with Gasteiger partial charge in [0.1, 0.15) is 5.75 Å². The number of aliphatic hydroxyl groups excluding tert-OH is 1. The molecular weight excluding hydrogens is 214 g/mol. The third kappa shape index (κ3) is 5.71. The van der Waals surface area contributed by atoms with Crippen LogP contribution in [0.2, 0.25) is 0 Å². The van der Waals surface area contributed by atoms with E-state index in [1.54, 1.807) is 7.11 Å². The molecule has 0 aliphatic carbocycles. The highest BCUT2D eigenvalue weighted by atomic mass is 16.5. The van der Waals surface area contributed by atoms with E-state index in [1.807, 2.05) is 24.3 Å². The first-order chi connectivity index (χ1) is 8.11. The van der Waals surface area contributed by atoms with Gasteiger partial charge < -0.3 is 15.2 Å². The number of hydrogen-bond acceptors (Lipinski definition) is 3. The van der Waals surface area contributed by atoms with Gasteiger partial charge in [0.2, 0.25) is 0 Å². The maximum absolute atomic E-state index is 9.70. The summed E-state index contributed by atoms with van der Waals surface area (Å²) in [5.74, 6) is 1.40. The van der Waals surface area contributed by atoms with Crippen LogP contribution >= 0.6 is 0 Å². The molecule has 0 saturated heterocycles. The van der Waals surface area contributed by atoms with Gasteiger partial charge in [-0.2, -0.15) is 0 Å². The lowest BCUT2D eigenvalue weighted by atomic mass is 10.1. The van der Waals surface area contributed by atoms with E-state index in [2.05, 4.69) is 19.2 Å². The van der Waals surface area contributed by atoms with E-state index in [0.717, 1.165) is 18.7 Å². The van der Waals surface area contributed by atoms with Crippen molar-refractivity contribution in [3.8, 4) is 5.75 Å². The fraction of sp³-hybridized carbons (Fsp3) is 0.571.